The molecular formula is C20H25ClN6O. The van der Waals surface area contributed by atoms with Crippen LogP contribution in [-0.4, -0.2) is 45.0 Å². The molecule has 8 heteroatoms. The summed E-state index contributed by atoms with van der Waals surface area (Å²) in [5.41, 5.74) is 8.42. The van der Waals surface area contributed by atoms with Crippen LogP contribution in [0.25, 0.3) is 22.4 Å². The number of halogens is 1. The first-order valence-corrected chi connectivity index (χ1v) is 9.60. The molecule has 3 aromatic rings. The normalized spacial score (nSPS) is 21.3. The Morgan fingerprint density at radius 3 is 2.39 bits per heavy atom. The number of nitrogens with two attached hydrogens (primary N) is 1. The van der Waals surface area contributed by atoms with Gasteiger partial charge in [-0.3, -0.25) is 0 Å². The van der Waals surface area contributed by atoms with Crippen molar-refractivity contribution in [1.29, 1.82) is 0 Å². The molecule has 148 valence electrons. The maximum atomic E-state index is 6.01. The zero-order valence-corrected chi connectivity index (χ0v) is 16.9. The molecular weight excluding hydrogens is 376 g/mol. The number of benzene rings is 1. The number of morpholine rings is 1. The Kier molecular flexibility index (Phi) is 4.89. The highest BCUT2D eigenvalue weighted by Crippen LogP contribution is 2.34. The second-order valence-electron chi connectivity index (χ2n) is 7.78. The summed E-state index contributed by atoms with van der Waals surface area (Å²) in [5, 5.41) is 5.59. The summed E-state index contributed by atoms with van der Waals surface area (Å²) >= 11 is 0. The Bertz CT molecular complexity index is 974. The van der Waals surface area contributed by atoms with E-state index in [0.29, 0.717) is 18.0 Å². The second kappa shape index (κ2) is 7.22. The Labute approximate surface area is 170 Å². The first-order valence-electron chi connectivity index (χ1n) is 9.60. The summed E-state index contributed by atoms with van der Waals surface area (Å²) in [6, 6.07) is 7.94. The van der Waals surface area contributed by atoms with E-state index in [1.165, 1.54) is 0 Å². The lowest BCUT2D eigenvalue weighted by Crippen LogP contribution is -2.43. The summed E-state index contributed by atoms with van der Waals surface area (Å²) in [5.74, 6) is 1.66. The van der Waals surface area contributed by atoms with Crippen molar-refractivity contribution in [3.05, 3.63) is 30.5 Å². The van der Waals surface area contributed by atoms with Crippen LogP contribution in [0, 0.1) is 0 Å². The van der Waals surface area contributed by atoms with Crippen molar-refractivity contribution in [1.82, 2.24) is 19.7 Å². The topological polar surface area (TPSA) is 82.1 Å². The van der Waals surface area contributed by atoms with E-state index < -0.39 is 0 Å². The van der Waals surface area contributed by atoms with E-state index >= 15 is 0 Å². The van der Waals surface area contributed by atoms with Crippen LogP contribution in [0.5, 0.6) is 0 Å². The Balaban J connectivity index is 0.00000192. The van der Waals surface area contributed by atoms with E-state index in [4.69, 9.17) is 20.4 Å². The molecule has 2 aromatic heterocycles. The summed E-state index contributed by atoms with van der Waals surface area (Å²) in [6.07, 6.45) is 4.76. The van der Waals surface area contributed by atoms with Gasteiger partial charge >= 0.3 is 0 Å². The number of fused-ring (bicyclic) bond motifs is 3. The van der Waals surface area contributed by atoms with E-state index in [9.17, 15) is 0 Å². The average molecular weight is 401 g/mol. The highest BCUT2D eigenvalue weighted by molar-refractivity contribution is 5.89. The fourth-order valence-corrected chi connectivity index (χ4v) is 4.08. The summed E-state index contributed by atoms with van der Waals surface area (Å²) < 4.78 is 7.98. The molecule has 1 aromatic carbocycles. The molecule has 2 aliphatic rings. The maximum absolute atomic E-state index is 6.01. The van der Waals surface area contributed by atoms with Gasteiger partial charge in [-0.1, -0.05) is 0 Å². The number of aromatic nitrogens is 4. The van der Waals surface area contributed by atoms with Crippen molar-refractivity contribution < 1.29 is 4.74 Å². The molecule has 2 atom stereocenters. The van der Waals surface area contributed by atoms with E-state index in [-0.39, 0.29) is 18.4 Å². The zero-order chi connectivity index (χ0) is 18.5. The molecule has 2 fully saturated rings. The Morgan fingerprint density at radius 2 is 1.75 bits per heavy atom. The third kappa shape index (κ3) is 3.18. The summed E-state index contributed by atoms with van der Waals surface area (Å²) in [7, 11) is 0. The number of anilines is 2. The fourth-order valence-electron chi connectivity index (χ4n) is 4.08. The van der Waals surface area contributed by atoms with E-state index in [2.05, 4.69) is 23.8 Å². The molecule has 5 rings (SSSR count). The van der Waals surface area contributed by atoms with Gasteiger partial charge in [0.15, 0.2) is 11.5 Å². The first kappa shape index (κ1) is 19.0. The third-order valence-corrected chi connectivity index (χ3v) is 5.43. The third-order valence-electron chi connectivity index (χ3n) is 5.43. The minimum absolute atomic E-state index is 0. The van der Waals surface area contributed by atoms with Crippen LogP contribution >= 0.6 is 12.4 Å². The molecule has 2 bridgehead atoms. The number of hydrogen-bond acceptors (Lipinski definition) is 6. The van der Waals surface area contributed by atoms with E-state index in [0.717, 1.165) is 54.0 Å². The summed E-state index contributed by atoms with van der Waals surface area (Å²) in [6.45, 7) is 5.98. The van der Waals surface area contributed by atoms with Gasteiger partial charge in [-0.25, -0.2) is 14.6 Å². The lowest BCUT2D eigenvalue weighted by atomic mass is 10.2. The van der Waals surface area contributed by atoms with Crippen LogP contribution in [0.1, 0.15) is 32.7 Å². The highest BCUT2D eigenvalue weighted by atomic mass is 35.5. The second-order valence-corrected chi connectivity index (χ2v) is 7.78. The lowest BCUT2D eigenvalue weighted by molar-refractivity contribution is 0.0303. The largest absolute Gasteiger partial charge is 0.399 e. The number of rotatable bonds is 3. The number of ether oxygens (including phenoxy) is 1. The molecule has 0 amide bonds. The predicted octanol–water partition coefficient (Wildman–Crippen LogP) is 3.45. The molecule has 0 radical (unpaired) electrons. The SMILES string of the molecule is CC(C)n1ncc2c(N3CC4CCC(C3)O4)nc(-c3ccc(N)cc3)nc21.Cl. The van der Waals surface area contributed by atoms with Crippen LogP contribution < -0.4 is 10.6 Å². The minimum Gasteiger partial charge on any atom is -0.399 e. The predicted molar refractivity (Wildman–Crippen MR) is 113 cm³/mol. The zero-order valence-electron chi connectivity index (χ0n) is 16.1. The molecule has 28 heavy (non-hydrogen) atoms. The average Bonchev–Trinajstić information content (AvgIpc) is 3.24. The fraction of sp³-hybridized carbons (Fsp3) is 0.450. The van der Waals surface area contributed by atoms with Gasteiger partial charge in [0, 0.05) is 30.4 Å². The molecule has 2 saturated heterocycles. The van der Waals surface area contributed by atoms with Crippen LogP contribution in [0.2, 0.25) is 0 Å². The van der Waals surface area contributed by atoms with Crippen molar-refractivity contribution in [2.24, 2.45) is 0 Å². The van der Waals surface area contributed by atoms with Gasteiger partial charge < -0.3 is 15.4 Å². The Hall–Kier alpha value is -2.38. The molecule has 0 spiro atoms. The first-order chi connectivity index (χ1) is 13.1. The van der Waals surface area contributed by atoms with Gasteiger partial charge in [-0.15, -0.1) is 12.4 Å². The molecule has 2 aliphatic heterocycles. The van der Waals surface area contributed by atoms with Crippen LogP contribution in [0.4, 0.5) is 11.5 Å². The van der Waals surface area contributed by atoms with Gasteiger partial charge in [-0.05, 0) is 51.0 Å². The molecule has 4 heterocycles. The standard InChI is InChI=1S/C20H24N6O.ClH/c1-12(2)26-20-17(9-22-26)19(25-10-15-7-8-16(11-25)27-15)23-18(24-20)13-3-5-14(21)6-4-13;/h3-6,9,12,15-16H,7-8,10-11,21H2,1-2H3;1H. The molecule has 7 nitrogen and oxygen atoms in total. The maximum Gasteiger partial charge on any atom is 0.164 e. The Morgan fingerprint density at radius 1 is 1.07 bits per heavy atom. The van der Waals surface area contributed by atoms with Gasteiger partial charge in [-0.2, -0.15) is 5.10 Å². The van der Waals surface area contributed by atoms with E-state index in [1.54, 1.807) is 0 Å². The number of nitrogens with zero attached hydrogens (tertiary/aromatic N) is 5. The van der Waals surface area contributed by atoms with Crippen molar-refractivity contribution >= 4 is 34.9 Å². The molecule has 2 N–H and O–H groups in total. The van der Waals surface area contributed by atoms with Crippen molar-refractivity contribution in [2.75, 3.05) is 23.7 Å². The highest BCUT2D eigenvalue weighted by Gasteiger charge is 2.35. The molecule has 2 unspecified atom stereocenters. The van der Waals surface area contributed by atoms with Crippen molar-refractivity contribution in [3.8, 4) is 11.4 Å². The number of hydrogen-bond donors (Lipinski definition) is 1. The minimum atomic E-state index is 0. The van der Waals surface area contributed by atoms with Gasteiger partial charge in [0.1, 0.15) is 5.82 Å². The smallest absolute Gasteiger partial charge is 0.164 e. The van der Waals surface area contributed by atoms with Crippen LogP contribution in [0.15, 0.2) is 30.5 Å². The monoisotopic (exact) mass is 400 g/mol. The van der Waals surface area contributed by atoms with Gasteiger partial charge in [0.25, 0.3) is 0 Å². The number of nitrogen functional groups attached to an aromatic ring is 1. The van der Waals surface area contributed by atoms with Gasteiger partial charge in [0.05, 0.1) is 23.8 Å². The lowest BCUT2D eigenvalue weighted by Gasteiger charge is -2.33. The van der Waals surface area contributed by atoms with Gasteiger partial charge in [0.2, 0.25) is 0 Å². The molecule has 0 aliphatic carbocycles. The van der Waals surface area contributed by atoms with Crippen molar-refractivity contribution in [3.63, 3.8) is 0 Å². The summed E-state index contributed by atoms with van der Waals surface area (Å²) in [4.78, 5) is 12.2. The quantitative estimate of drug-likeness (QED) is 0.678. The van der Waals surface area contributed by atoms with Crippen LogP contribution in [-0.2, 0) is 4.74 Å². The van der Waals surface area contributed by atoms with E-state index in [1.807, 2.05) is 35.1 Å². The van der Waals surface area contributed by atoms with Crippen LogP contribution in [0.3, 0.4) is 0 Å². The van der Waals surface area contributed by atoms with Crippen molar-refractivity contribution in [2.45, 2.75) is 44.9 Å². The molecule has 0 saturated carbocycles.